The number of fused-ring (bicyclic) bond motifs is 5. The number of amides is 1. The van der Waals surface area contributed by atoms with Crippen molar-refractivity contribution in [2.45, 2.75) is 0 Å². The van der Waals surface area contributed by atoms with Gasteiger partial charge >= 0.3 is 0 Å². The number of nitrogens with zero attached hydrogens (tertiary/aromatic N) is 1. The average molecular weight is 388 g/mol. The zero-order valence-corrected chi connectivity index (χ0v) is 15.9. The first-order valence-corrected chi connectivity index (χ1v) is 9.77. The Bertz CT molecular complexity index is 1600. The lowest BCUT2D eigenvalue weighted by atomic mass is 9.99. The lowest BCUT2D eigenvalue weighted by Crippen LogP contribution is -2.24. The highest BCUT2D eigenvalue weighted by Crippen LogP contribution is 2.38. The molecule has 6 rings (SSSR count). The maximum absolute atomic E-state index is 12.7. The highest BCUT2D eigenvalue weighted by atomic mass is 16.3. The van der Waals surface area contributed by atoms with Crippen LogP contribution in [0, 0.1) is 0 Å². The van der Waals surface area contributed by atoms with Crippen LogP contribution in [0.4, 0.5) is 0 Å². The van der Waals surface area contributed by atoms with Crippen molar-refractivity contribution >= 4 is 33.2 Å². The minimum atomic E-state index is -0.219. The number of aromatic amines is 1. The third kappa shape index (κ3) is 2.28. The van der Waals surface area contributed by atoms with Gasteiger partial charge in [-0.05, 0) is 11.1 Å². The van der Waals surface area contributed by atoms with Crippen LogP contribution in [0.1, 0.15) is 5.56 Å². The minimum Gasteiger partial charge on any atom is -0.494 e. The van der Waals surface area contributed by atoms with Crippen molar-refractivity contribution in [3.05, 3.63) is 101 Å². The van der Waals surface area contributed by atoms with Crippen molar-refractivity contribution in [2.24, 2.45) is 4.99 Å². The van der Waals surface area contributed by atoms with Crippen LogP contribution < -0.4 is 10.6 Å². The fourth-order valence-electron chi connectivity index (χ4n) is 4.42. The second kappa shape index (κ2) is 6.16. The maximum Gasteiger partial charge on any atom is 0.278 e. The van der Waals surface area contributed by atoms with Crippen LogP contribution in [0.3, 0.4) is 0 Å². The maximum atomic E-state index is 12.7. The number of rotatable bonds is 2. The van der Waals surface area contributed by atoms with Crippen LogP contribution >= 0.6 is 0 Å². The zero-order valence-electron chi connectivity index (χ0n) is 15.9. The molecule has 0 fully saturated rings. The van der Waals surface area contributed by atoms with Gasteiger partial charge in [0.1, 0.15) is 0 Å². The first-order valence-electron chi connectivity index (χ1n) is 9.77. The number of H-pyrrole nitrogens is 1. The Morgan fingerprint density at radius 1 is 0.700 bits per heavy atom. The molecule has 0 spiro atoms. The van der Waals surface area contributed by atoms with Gasteiger partial charge in [0.25, 0.3) is 5.91 Å². The summed E-state index contributed by atoms with van der Waals surface area (Å²) in [7, 11) is 0. The minimum absolute atomic E-state index is 0.133. The van der Waals surface area contributed by atoms with Gasteiger partial charge in [0, 0.05) is 21.4 Å². The lowest BCUT2D eigenvalue weighted by molar-refractivity contribution is -0.112. The Hall–Kier alpha value is -4.18. The topological polar surface area (TPSA) is 65.4 Å². The second-order valence-corrected chi connectivity index (χ2v) is 7.42. The van der Waals surface area contributed by atoms with Gasteiger partial charge in [-0.1, -0.05) is 84.9 Å². The second-order valence-electron chi connectivity index (χ2n) is 7.42. The van der Waals surface area contributed by atoms with Crippen LogP contribution in [-0.2, 0) is 4.79 Å². The third-order valence-corrected chi connectivity index (χ3v) is 5.74. The molecule has 1 aliphatic rings. The van der Waals surface area contributed by atoms with Crippen molar-refractivity contribution in [1.29, 1.82) is 0 Å². The molecule has 1 amide bonds. The molecule has 1 aliphatic heterocycles. The van der Waals surface area contributed by atoms with E-state index in [1.165, 1.54) is 0 Å². The van der Waals surface area contributed by atoms with E-state index in [9.17, 15) is 9.90 Å². The van der Waals surface area contributed by atoms with E-state index in [4.69, 9.17) is 0 Å². The normalized spacial score (nSPS) is 13.1. The number of carbonyl (C=O) groups is 1. The largest absolute Gasteiger partial charge is 0.494 e. The predicted molar refractivity (Wildman–Crippen MR) is 118 cm³/mol. The Morgan fingerprint density at radius 3 is 2.07 bits per heavy atom. The summed E-state index contributed by atoms with van der Waals surface area (Å²) in [5, 5.41) is 14.9. The van der Waals surface area contributed by atoms with Gasteiger partial charge in [-0.25, -0.2) is 4.99 Å². The van der Waals surface area contributed by atoms with E-state index in [0.29, 0.717) is 10.9 Å². The van der Waals surface area contributed by atoms with Gasteiger partial charge in [0.2, 0.25) is 0 Å². The summed E-state index contributed by atoms with van der Waals surface area (Å²) in [6, 6.07) is 27.4. The van der Waals surface area contributed by atoms with E-state index >= 15 is 0 Å². The standard InChI is InChI=1S/C26H16N2O2/c29-25-21(15-7-3-1-4-8-15)19-13-11-18-17(23(19)27-25)12-14-20-22(26(30)28-24(18)20)16-9-5-2-6-10-16/h1-14,27,29H. The molecule has 4 aromatic carbocycles. The first-order chi connectivity index (χ1) is 14.7. The summed E-state index contributed by atoms with van der Waals surface area (Å²) >= 11 is 0. The molecule has 1 aromatic heterocycles. The number of nitrogens with one attached hydrogen (secondary N) is 1. The predicted octanol–water partition coefficient (Wildman–Crippen LogP) is 4.05. The van der Waals surface area contributed by atoms with Gasteiger partial charge in [-0.3, -0.25) is 4.79 Å². The third-order valence-electron chi connectivity index (χ3n) is 5.74. The average Bonchev–Trinajstić information content (AvgIpc) is 3.30. The van der Waals surface area contributed by atoms with E-state index in [2.05, 4.69) is 9.98 Å². The van der Waals surface area contributed by atoms with Crippen molar-refractivity contribution in [1.82, 2.24) is 4.98 Å². The summed E-state index contributed by atoms with van der Waals surface area (Å²) < 4.78 is 0. The van der Waals surface area contributed by atoms with Crippen LogP contribution in [-0.4, -0.2) is 16.0 Å². The molecule has 2 N–H and O–H groups in total. The molecule has 0 radical (unpaired) electrons. The van der Waals surface area contributed by atoms with E-state index in [1.54, 1.807) is 0 Å². The Kier molecular flexibility index (Phi) is 3.44. The van der Waals surface area contributed by atoms with E-state index in [-0.39, 0.29) is 11.8 Å². The van der Waals surface area contributed by atoms with E-state index < -0.39 is 0 Å². The molecular formula is C26H16N2O2. The van der Waals surface area contributed by atoms with Crippen molar-refractivity contribution in [2.75, 3.05) is 0 Å². The van der Waals surface area contributed by atoms with E-state index in [0.717, 1.165) is 43.6 Å². The van der Waals surface area contributed by atoms with Crippen LogP contribution in [0.5, 0.6) is 5.88 Å². The van der Waals surface area contributed by atoms with Crippen LogP contribution in [0.25, 0.3) is 38.4 Å². The first kappa shape index (κ1) is 16.7. The quantitative estimate of drug-likeness (QED) is 0.479. The molecule has 142 valence electrons. The lowest BCUT2D eigenvalue weighted by Gasteiger charge is -2.03. The molecule has 4 heteroatoms. The zero-order chi connectivity index (χ0) is 20.2. The summed E-state index contributed by atoms with van der Waals surface area (Å²) in [4.78, 5) is 20.2. The molecule has 5 aromatic rings. The molecule has 0 saturated heterocycles. The number of aromatic hydroxyl groups is 1. The number of benzene rings is 4. The van der Waals surface area contributed by atoms with Gasteiger partial charge in [0.05, 0.1) is 22.0 Å². The highest BCUT2D eigenvalue weighted by molar-refractivity contribution is 6.22. The van der Waals surface area contributed by atoms with Gasteiger partial charge in [-0.15, -0.1) is 0 Å². The van der Waals surface area contributed by atoms with Crippen molar-refractivity contribution in [3.63, 3.8) is 0 Å². The summed E-state index contributed by atoms with van der Waals surface area (Å²) in [5.74, 6) is -0.0862. The van der Waals surface area contributed by atoms with Gasteiger partial charge in [0.15, 0.2) is 5.88 Å². The van der Waals surface area contributed by atoms with E-state index in [1.807, 2.05) is 84.9 Å². The van der Waals surface area contributed by atoms with Gasteiger partial charge in [-0.2, -0.15) is 0 Å². The number of hydrogen-bond acceptors (Lipinski definition) is 2. The fraction of sp³-hybridized carbons (Fsp3) is 0. The Balaban J connectivity index is 1.69. The van der Waals surface area contributed by atoms with Gasteiger partial charge < -0.3 is 10.1 Å². The SMILES string of the molecule is O=C1N=c2c(ccc3c2ccc2c(-c4ccccc4)c(O)[nH]c23)=C1c1ccccc1. The molecule has 0 atom stereocenters. The molecule has 4 nitrogen and oxygen atoms in total. The Morgan fingerprint density at radius 2 is 1.33 bits per heavy atom. The molecule has 0 unspecified atom stereocenters. The molecule has 0 saturated carbocycles. The monoisotopic (exact) mass is 388 g/mol. The molecular weight excluding hydrogens is 372 g/mol. The summed E-state index contributed by atoms with van der Waals surface area (Å²) in [6.07, 6.45) is 0. The van der Waals surface area contributed by atoms with Crippen LogP contribution in [0.15, 0.2) is 89.9 Å². The molecule has 0 aliphatic carbocycles. The molecule has 0 bridgehead atoms. The van der Waals surface area contributed by atoms with Crippen molar-refractivity contribution < 1.29 is 9.90 Å². The van der Waals surface area contributed by atoms with Crippen molar-refractivity contribution in [3.8, 4) is 17.0 Å². The number of hydrogen-bond donors (Lipinski definition) is 2. The molecule has 2 heterocycles. The molecule has 30 heavy (non-hydrogen) atoms. The number of aromatic nitrogens is 1. The smallest absolute Gasteiger partial charge is 0.278 e. The summed E-state index contributed by atoms with van der Waals surface area (Å²) in [6.45, 7) is 0. The number of carbonyl (C=O) groups excluding carboxylic acids is 1. The van der Waals surface area contributed by atoms with Crippen LogP contribution in [0.2, 0.25) is 0 Å². The summed E-state index contributed by atoms with van der Waals surface area (Å²) in [5.41, 5.74) is 4.06. The highest BCUT2D eigenvalue weighted by Gasteiger charge is 2.21. The fourth-order valence-corrected chi connectivity index (χ4v) is 4.42. The Labute approximate surface area is 171 Å².